The zero-order valence-electron chi connectivity index (χ0n) is 10.5. The Morgan fingerprint density at radius 3 is 2.67 bits per heavy atom. The largest absolute Gasteiger partial charge is 0.274 e. The molecule has 1 unspecified atom stereocenters. The van der Waals surface area contributed by atoms with Crippen molar-refractivity contribution in [2.75, 3.05) is 0 Å². The van der Waals surface area contributed by atoms with E-state index in [1.54, 1.807) is 12.1 Å². The summed E-state index contributed by atoms with van der Waals surface area (Å²) in [7, 11) is 0. The number of nitrogens with zero attached hydrogens (tertiary/aromatic N) is 1. The number of halogens is 2. The summed E-state index contributed by atoms with van der Waals surface area (Å²) in [6, 6.07) is 4.83. The Kier molecular flexibility index (Phi) is 6.09. The van der Waals surface area contributed by atoms with Gasteiger partial charge in [-0.05, 0) is 31.2 Å². The molecule has 0 aromatic heterocycles. The van der Waals surface area contributed by atoms with Gasteiger partial charge in [0.1, 0.15) is 0 Å². The van der Waals surface area contributed by atoms with Crippen LogP contribution in [0.4, 0.5) is 5.69 Å². The molecular formula is C13H17BrClNO2. The third kappa shape index (κ3) is 4.58. The Morgan fingerprint density at radius 1 is 1.44 bits per heavy atom. The summed E-state index contributed by atoms with van der Waals surface area (Å²) in [6.07, 6.45) is 2.53. The molecule has 5 heteroatoms. The topological polar surface area (TPSA) is 43.1 Å². The quantitative estimate of drug-likeness (QED) is 0.418. The number of hydrogen-bond donors (Lipinski definition) is 0. The van der Waals surface area contributed by atoms with Crippen molar-refractivity contribution in [1.29, 1.82) is 0 Å². The summed E-state index contributed by atoms with van der Waals surface area (Å²) >= 11 is 9.65. The Labute approximate surface area is 121 Å². The second-order valence-electron chi connectivity index (χ2n) is 4.76. The Morgan fingerprint density at radius 2 is 2.11 bits per heavy atom. The van der Waals surface area contributed by atoms with Crippen LogP contribution in [0.25, 0.3) is 0 Å². The zero-order chi connectivity index (χ0) is 13.7. The van der Waals surface area contributed by atoms with Gasteiger partial charge in [-0.15, -0.1) is 0 Å². The van der Waals surface area contributed by atoms with Crippen molar-refractivity contribution in [2.24, 2.45) is 5.92 Å². The van der Waals surface area contributed by atoms with E-state index < -0.39 is 0 Å². The van der Waals surface area contributed by atoms with Crippen molar-refractivity contribution in [3.63, 3.8) is 0 Å². The first-order valence-corrected chi connectivity index (χ1v) is 7.27. The molecule has 0 aliphatic rings. The van der Waals surface area contributed by atoms with E-state index in [1.165, 1.54) is 6.07 Å². The molecule has 1 aromatic rings. The average Bonchev–Trinajstić information content (AvgIpc) is 2.25. The maximum Gasteiger partial charge on any atom is 0.274 e. The number of alkyl halides is 1. The molecule has 0 amide bonds. The lowest BCUT2D eigenvalue weighted by molar-refractivity contribution is -0.385. The number of benzene rings is 1. The molecule has 100 valence electrons. The van der Waals surface area contributed by atoms with Crippen LogP contribution in [0.15, 0.2) is 18.2 Å². The van der Waals surface area contributed by atoms with E-state index in [9.17, 15) is 10.1 Å². The minimum absolute atomic E-state index is 0.117. The van der Waals surface area contributed by atoms with Crippen LogP contribution in [-0.4, -0.2) is 9.75 Å². The van der Waals surface area contributed by atoms with Gasteiger partial charge in [0.25, 0.3) is 5.69 Å². The molecule has 0 N–H and O–H groups in total. The minimum atomic E-state index is -0.368. The fourth-order valence-corrected chi connectivity index (χ4v) is 3.14. The highest BCUT2D eigenvalue weighted by molar-refractivity contribution is 9.09. The van der Waals surface area contributed by atoms with E-state index in [0.29, 0.717) is 27.8 Å². The number of nitro benzene ring substituents is 1. The van der Waals surface area contributed by atoms with E-state index in [0.717, 1.165) is 12.8 Å². The van der Waals surface area contributed by atoms with Crippen molar-refractivity contribution in [3.05, 3.63) is 38.9 Å². The Balaban J connectivity index is 2.75. The van der Waals surface area contributed by atoms with E-state index in [4.69, 9.17) is 11.6 Å². The molecule has 1 atom stereocenters. The predicted octanol–water partition coefficient (Wildman–Crippen LogP) is 4.99. The minimum Gasteiger partial charge on any atom is -0.258 e. The monoisotopic (exact) mass is 333 g/mol. The van der Waals surface area contributed by atoms with Gasteiger partial charge in [0, 0.05) is 16.5 Å². The highest BCUT2D eigenvalue weighted by Gasteiger charge is 2.17. The van der Waals surface area contributed by atoms with Crippen LogP contribution in [0.2, 0.25) is 5.02 Å². The molecule has 0 radical (unpaired) electrons. The lowest BCUT2D eigenvalue weighted by atomic mass is 10.0. The van der Waals surface area contributed by atoms with Gasteiger partial charge in [0.15, 0.2) is 0 Å². The fraction of sp³-hybridized carbons (Fsp3) is 0.538. The summed E-state index contributed by atoms with van der Waals surface area (Å²) in [5.41, 5.74) is 0.754. The summed E-state index contributed by atoms with van der Waals surface area (Å²) < 4.78 is 0. The van der Waals surface area contributed by atoms with Gasteiger partial charge in [-0.2, -0.15) is 0 Å². The molecule has 0 bridgehead atoms. The molecule has 0 heterocycles. The third-order valence-corrected chi connectivity index (χ3v) is 3.91. The van der Waals surface area contributed by atoms with Crippen molar-refractivity contribution >= 4 is 33.2 Å². The van der Waals surface area contributed by atoms with Gasteiger partial charge < -0.3 is 0 Å². The van der Waals surface area contributed by atoms with Crippen LogP contribution in [-0.2, 0) is 6.42 Å². The maximum atomic E-state index is 10.9. The molecule has 0 spiro atoms. The first kappa shape index (κ1) is 15.4. The van der Waals surface area contributed by atoms with Gasteiger partial charge in [0.05, 0.1) is 9.95 Å². The predicted molar refractivity (Wildman–Crippen MR) is 78.6 cm³/mol. The molecule has 1 aromatic carbocycles. The van der Waals surface area contributed by atoms with Crippen molar-refractivity contribution in [3.8, 4) is 0 Å². The Bertz CT molecular complexity index is 423. The highest BCUT2D eigenvalue weighted by atomic mass is 79.9. The summed E-state index contributed by atoms with van der Waals surface area (Å²) in [6.45, 7) is 4.32. The molecule has 0 saturated carbocycles. The van der Waals surface area contributed by atoms with Crippen LogP contribution in [0.5, 0.6) is 0 Å². The van der Waals surface area contributed by atoms with Gasteiger partial charge in [-0.3, -0.25) is 10.1 Å². The SMILES string of the molecule is CC(C)CC(Br)CCc1c(Cl)cccc1[N+](=O)[O-]. The first-order valence-electron chi connectivity index (χ1n) is 5.97. The summed E-state index contributed by atoms with van der Waals surface area (Å²) in [5.74, 6) is 0.607. The molecule has 0 fully saturated rings. The van der Waals surface area contributed by atoms with Crippen molar-refractivity contribution in [1.82, 2.24) is 0 Å². The van der Waals surface area contributed by atoms with Crippen LogP contribution >= 0.6 is 27.5 Å². The van der Waals surface area contributed by atoms with E-state index >= 15 is 0 Å². The zero-order valence-corrected chi connectivity index (χ0v) is 12.9. The summed E-state index contributed by atoms with van der Waals surface area (Å²) in [5, 5.41) is 11.4. The fourth-order valence-electron chi connectivity index (χ4n) is 1.90. The smallest absolute Gasteiger partial charge is 0.258 e. The van der Waals surface area contributed by atoms with Gasteiger partial charge in [-0.25, -0.2) is 0 Å². The second kappa shape index (κ2) is 7.10. The number of nitro groups is 1. The molecule has 3 nitrogen and oxygen atoms in total. The normalized spacial score (nSPS) is 12.7. The van der Waals surface area contributed by atoms with Crippen LogP contribution < -0.4 is 0 Å². The van der Waals surface area contributed by atoms with Crippen LogP contribution in [0.3, 0.4) is 0 Å². The first-order chi connectivity index (χ1) is 8.41. The lowest BCUT2D eigenvalue weighted by Crippen LogP contribution is -2.06. The molecule has 0 aliphatic heterocycles. The second-order valence-corrected chi connectivity index (χ2v) is 6.46. The van der Waals surface area contributed by atoms with Crippen LogP contribution in [0, 0.1) is 16.0 Å². The van der Waals surface area contributed by atoms with Gasteiger partial charge in [0.2, 0.25) is 0 Å². The highest BCUT2D eigenvalue weighted by Crippen LogP contribution is 2.29. The average molecular weight is 335 g/mol. The summed E-state index contributed by atoms with van der Waals surface area (Å²) in [4.78, 5) is 10.9. The van der Waals surface area contributed by atoms with E-state index in [-0.39, 0.29) is 10.6 Å². The molecule has 0 saturated heterocycles. The molecule has 18 heavy (non-hydrogen) atoms. The number of hydrogen-bond acceptors (Lipinski definition) is 2. The molecular weight excluding hydrogens is 318 g/mol. The molecule has 0 aliphatic carbocycles. The Hall–Kier alpha value is -0.610. The van der Waals surface area contributed by atoms with Crippen molar-refractivity contribution in [2.45, 2.75) is 37.9 Å². The van der Waals surface area contributed by atoms with Crippen molar-refractivity contribution < 1.29 is 4.92 Å². The van der Waals surface area contributed by atoms with Crippen LogP contribution in [0.1, 0.15) is 32.3 Å². The maximum absolute atomic E-state index is 10.9. The molecule has 1 rings (SSSR count). The van der Waals surface area contributed by atoms with Gasteiger partial charge in [-0.1, -0.05) is 47.4 Å². The lowest BCUT2D eigenvalue weighted by Gasteiger charge is -2.12. The van der Waals surface area contributed by atoms with E-state index in [1.807, 2.05) is 0 Å². The third-order valence-electron chi connectivity index (χ3n) is 2.73. The standard InChI is InChI=1S/C13H17BrClNO2/c1-9(2)8-10(14)6-7-11-12(15)4-3-5-13(11)16(17)18/h3-5,9-10H,6-8H2,1-2H3. The van der Waals surface area contributed by atoms with Gasteiger partial charge >= 0.3 is 0 Å². The van der Waals surface area contributed by atoms with E-state index in [2.05, 4.69) is 29.8 Å². The number of rotatable bonds is 6.